The molecule has 1 aliphatic rings. The number of hydrogen-bond acceptors (Lipinski definition) is 4. The van der Waals surface area contributed by atoms with Crippen LogP contribution in [0.5, 0.6) is 0 Å². The van der Waals surface area contributed by atoms with E-state index >= 15 is 0 Å². The maximum atomic E-state index is 12.9. The predicted octanol–water partition coefficient (Wildman–Crippen LogP) is 4.38. The largest absolute Gasteiger partial charge is 0.377 e. The van der Waals surface area contributed by atoms with Crippen molar-refractivity contribution in [1.82, 2.24) is 15.5 Å². The number of para-hydroxylation sites is 1. The van der Waals surface area contributed by atoms with Crippen LogP contribution in [0.25, 0.3) is 0 Å². The minimum absolute atomic E-state index is 0.00522. The number of rotatable bonds is 11. The number of carbonyl (C=O) groups is 1. The maximum absolute atomic E-state index is 12.9. The second-order valence-electron chi connectivity index (χ2n) is 9.53. The number of nitrogens with zero attached hydrogens (tertiary/aromatic N) is 2. The Morgan fingerprint density at radius 1 is 1.25 bits per heavy atom. The van der Waals surface area contributed by atoms with Gasteiger partial charge in [0.05, 0.1) is 10.7 Å². The summed E-state index contributed by atoms with van der Waals surface area (Å²) < 4.78 is 0. The van der Waals surface area contributed by atoms with Crippen molar-refractivity contribution < 1.29 is 4.79 Å². The first kappa shape index (κ1) is 26.3. The Labute approximate surface area is 200 Å². The highest BCUT2D eigenvalue weighted by atomic mass is 32.1. The molecule has 1 unspecified atom stereocenters. The third kappa shape index (κ3) is 7.31. The zero-order valence-corrected chi connectivity index (χ0v) is 21.5. The molecule has 1 amide bonds. The van der Waals surface area contributed by atoms with Gasteiger partial charge in [-0.2, -0.15) is 0 Å². The highest BCUT2D eigenvalue weighted by Crippen LogP contribution is 2.35. The second kappa shape index (κ2) is 12.4. The van der Waals surface area contributed by atoms with Gasteiger partial charge in [-0.05, 0) is 69.3 Å². The van der Waals surface area contributed by atoms with E-state index in [1.54, 1.807) is 0 Å². The van der Waals surface area contributed by atoms with Crippen LogP contribution in [0, 0.1) is 11.3 Å². The Morgan fingerprint density at radius 2 is 1.91 bits per heavy atom. The second-order valence-corrected chi connectivity index (χ2v) is 9.97. The van der Waals surface area contributed by atoms with Crippen molar-refractivity contribution in [3.63, 3.8) is 0 Å². The van der Waals surface area contributed by atoms with Crippen LogP contribution in [0.2, 0.25) is 0 Å². The van der Waals surface area contributed by atoms with Crippen molar-refractivity contribution in [3.05, 3.63) is 42.1 Å². The molecule has 0 saturated carbocycles. The number of piperidine rings is 1. The highest BCUT2D eigenvalue weighted by Gasteiger charge is 2.30. The predicted molar refractivity (Wildman–Crippen MR) is 140 cm³/mol. The molecule has 1 aliphatic heterocycles. The molecule has 6 heteroatoms. The molecular formula is C26H42N4OS. The highest BCUT2D eigenvalue weighted by molar-refractivity contribution is 7.80. The number of nitrogens with one attached hydrogen (secondary N) is 2. The molecule has 0 aliphatic carbocycles. The van der Waals surface area contributed by atoms with Crippen molar-refractivity contribution in [2.45, 2.75) is 52.4 Å². The van der Waals surface area contributed by atoms with Gasteiger partial charge in [-0.15, -0.1) is 0 Å². The number of carbonyl (C=O) groups excluding carboxylic acids is 1. The number of thiocarbonyl (C=S) groups is 1. The van der Waals surface area contributed by atoms with Crippen molar-refractivity contribution in [1.29, 1.82) is 0 Å². The van der Waals surface area contributed by atoms with E-state index in [-0.39, 0.29) is 11.3 Å². The van der Waals surface area contributed by atoms with Crippen LogP contribution in [-0.2, 0) is 11.2 Å². The Balaban J connectivity index is 2.01. The zero-order chi connectivity index (χ0) is 23.7. The van der Waals surface area contributed by atoms with Gasteiger partial charge >= 0.3 is 0 Å². The standard InChI is InChI=1S/C26H42N4OS/c1-7-15-26(8-2,18-22-11-9-10-12-23(22)29(4)5)19-27-24(31)20(3)28-25(32)21-13-16-30(6)17-14-21/h9-12,21H,3,7-8,13-19H2,1-2,4-6H3,(H,27,31)(H,28,32). The Morgan fingerprint density at radius 3 is 2.50 bits per heavy atom. The summed E-state index contributed by atoms with van der Waals surface area (Å²) in [5.41, 5.74) is 2.92. The summed E-state index contributed by atoms with van der Waals surface area (Å²) in [6, 6.07) is 8.55. The molecule has 1 atom stereocenters. The minimum Gasteiger partial charge on any atom is -0.377 e. The van der Waals surface area contributed by atoms with Crippen LogP contribution < -0.4 is 15.5 Å². The first-order valence-electron chi connectivity index (χ1n) is 11.9. The fraction of sp³-hybridized carbons (Fsp3) is 0.615. The smallest absolute Gasteiger partial charge is 0.267 e. The third-order valence-electron chi connectivity index (χ3n) is 6.83. The number of likely N-dealkylation sites (tertiary alicyclic amines) is 1. The third-order valence-corrected chi connectivity index (χ3v) is 7.27. The lowest BCUT2D eigenvalue weighted by Gasteiger charge is -2.35. The van der Waals surface area contributed by atoms with Crippen molar-refractivity contribution in [3.8, 4) is 0 Å². The van der Waals surface area contributed by atoms with E-state index in [1.165, 1.54) is 11.3 Å². The molecule has 1 aromatic carbocycles. The molecule has 0 aromatic heterocycles. The SMILES string of the molecule is C=C(NC(=S)C1CCN(C)CC1)C(=O)NCC(CC)(CCC)Cc1ccccc1N(C)C. The van der Waals surface area contributed by atoms with E-state index in [0.717, 1.165) is 56.6 Å². The fourth-order valence-electron chi connectivity index (χ4n) is 4.65. The van der Waals surface area contributed by atoms with Gasteiger partial charge in [-0.1, -0.05) is 57.3 Å². The molecule has 0 spiro atoms. The first-order valence-corrected chi connectivity index (χ1v) is 12.3. The summed E-state index contributed by atoms with van der Waals surface area (Å²) >= 11 is 5.58. The molecule has 32 heavy (non-hydrogen) atoms. The van der Waals surface area contributed by atoms with Gasteiger partial charge in [0, 0.05) is 32.2 Å². The van der Waals surface area contributed by atoms with Crippen molar-refractivity contribution in [2.24, 2.45) is 11.3 Å². The molecule has 0 bridgehead atoms. The summed E-state index contributed by atoms with van der Waals surface area (Å²) in [6.45, 7) is 11.1. The topological polar surface area (TPSA) is 47.6 Å². The van der Waals surface area contributed by atoms with Crippen LogP contribution in [0.15, 0.2) is 36.5 Å². The van der Waals surface area contributed by atoms with E-state index in [4.69, 9.17) is 12.2 Å². The lowest BCUT2D eigenvalue weighted by Crippen LogP contribution is -2.43. The average molecular weight is 459 g/mol. The van der Waals surface area contributed by atoms with Crippen LogP contribution in [-0.4, -0.2) is 56.6 Å². The van der Waals surface area contributed by atoms with Crippen LogP contribution in [0.3, 0.4) is 0 Å². The molecule has 2 N–H and O–H groups in total. The number of benzene rings is 1. The van der Waals surface area contributed by atoms with Crippen LogP contribution in [0.1, 0.15) is 51.5 Å². The summed E-state index contributed by atoms with van der Waals surface area (Å²) in [5.74, 6) is 0.165. The Kier molecular flexibility index (Phi) is 10.2. The lowest BCUT2D eigenvalue weighted by molar-refractivity contribution is -0.118. The molecular weight excluding hydrogens is 416 g/mol. The van der Waals surface area contributed by atoms with E-state index in [0.29, 0.717) is 18.2 Å². The van der Waals surface area contributed by atoms with Crippen LogP contribution in [0.4, 0.5) is 5.69 Å². The van der Waals surface area contributed by atoms with Gasteiger partial charge in [0.25, 0.3) is 5.91 Å². The molecule has 5 nitrogen and oxygen atoms in total. The van der Waals surface area contributed by atoms with Gasteiger partial charge in [0.2, 0.25) is 0 Å². The molecule has 1 saturated heterocycles. The Bertz CT molecular complexity index is 786. The summed E-state index contributed by atoms with van der Waals surface area (Å²) in [7, 11) is 6.29. The van der Waals surface area contributed by atoms with Gasteiger partial charge in [-0.25, -0.2) is 0 Å². The van der Waals surface area contributed by atoms with E-state index in [9.17, 15) is 4.79 Å². The Hall–Kier alpha value is -1.92. The minimum atomic E-state index is -0.157. The summed E-state index contributed by atoms with van der Waals surface area (Å²) in [4.78, 5) is 18.1. The monoisotopic (exact) mass is 458 g/mol. The van der Waals surface area contributed by atoms with Crippen molar-refractivity contribution in [2.75, 3.05) is 45.7 Å². The molecule has 1 fully saturated rings. The lowest BCUT2D eigenvalue weighted by atomic mass is 9.75. The van der Waals surface area contributed by atoms with Gasteiger partial charge in [-0.3, -0.25) is 4.79 Å². The van der Waals surface area contributed by atoms with Gasteiger partial charge in [0.15, 0.2) is 0 Å². The van der Waals surface area contributed by atoms with Gasteiger partial charge in [0.1, 0.15) is 0 Å². The van der Waals surface area contributed by atoms with Crippen molar-refractivity contribution >= 4 is 28.8 Å². The quantitative estimate of drug-likeness (QED) is 0.381. The number of amides is 1. The number of anilines is 1. The normalized spacial score (nSPS) is 16.8. The molecule has 2 rings (SSSR count). The number of hydrogen-bond donors (Lipinski definition) is 2. The molecule has 178 valence electrons. The average Bonchev–Trinajstić information content (AvgIpc) is 2.77. The summed E-state index contributed by atoms with van der Waals surface area (Å²) in [5, 5.41) is 6.28. The molecule has 1 aromatic rings. The fourth-order valence-corrected chi connectivity index (χ4v) is 5.01. The molecule has 0 radical (unpaired) electrons. The van der Waals surface area contributed by atoms with Crippen LogP contribution >= 0.6 is 12.2 Å². The maximum Gasteiger partial charge on any atom is 0.267 e. The first-order chi connectivity index (χ1) is 15.2. The van der Waals surface area contributed by atoms with Gasteiger partial charge < -0.3 is 20.4 Å². The zero-order valence-electron chi connectivity index (χ0n) is 20.7. The van der Waals surface area contributed by atoms with E-state index in [2.05, 4.69) is 86.3 Å². The molecule has 1 heterocycles. The van der Waals surface area contributed by atoms with E-state index < -0.39 is 0 Å². The van der Waals surface area contributed by atoms with E-state index in [1.807, 2.05) is 0 Å². The summed E-state index contributed by atoms with van der Waals surface area (Å²) in [6.07, 6.45) is 6.11.